The van der Waals surface area contributed by atoms with E-state index in [9.17, 15) is 8.78 Å². The third-order valence-electron chi connectivity index (χ3n) is 4.78. The molecular weight excluding hydrogens is 503 g/mol. The second-order valence-corrected chi connectivity index (χ2v) is 7.05. The number of nitrogens with one attached hydrogen (secondary N) is 2. The highest BCUT2D eigenvalue weighted by molar-refractivity contribution is 14.0. The van der Waals surface area contributed by atoms with Gasteiger partial charge in [0, 0.05) is 38.2 Å². The Morgan fingerprint density at radius 3 is 2.67 bits per heavy atom. The summed E-state index contributed by atoms with van der Waals surface area (Å²) in [4.78, 5) is 4.20. The Hall–Kier alpha value is -1.94. The zero-order chi connectivity index (χ0) is 20.6. The highest BCUT2D eigenvalue weighted by atomic mass is 127. The molecule has 0 radical (unpaired) electrons. The summed E-state index contributed by atoms with van der Waals surface area (Å²) in [5, 5.41) is 6.41. The Bertz CT molecular complexity index is 858. The van der Waals surface area contributed by atoms with E-state index in [0.717, 1.165) is 36.0 Å². The summed E-state index contributed by atoms with van der Waals surface area (Å²) in [5.74, 6) is 0.337. The molecule has 2 aromatic rings. The van der Waals surface area contributed by atoms with Crippen molar-refractivity contribution in [1.82, 2.24) is 10.6 Å². The Balaban J connectivity index is 0.00000320. The molecule has 164 valence electrons. The second kappa shape index (κ2) is 12.0. The van der Waals surface area contributed by atoms with Crippen LogP contribution >= 0.6 is 24.0 Å². The highest BCUT2D eigenvalue weighted by Gasteiger charge is 2.18. The summed E-state index contributed by atoms with van der Waals surface area (Å²) in [5.41, 5.74) is 2.61. The molecule has 0 aromatic heterocycles. The van der Waals surface area contributed by atoms with E-state index in [1.165, 1.54) is 12.1 Å². The van der Waals surface area contributed by atoms with Gasteiger partial charge in [0.05, 0.1) is 13.2 Å². The molecule has 0 bridgehead atoms. The molecule has 2 aromatic carbocycles. The topological polar surface area (TPSA) is 54.9 Å². The van der Waals surface area contributed by atoms with Gasteiger partial charge >= 0.3 is 0 Å². The molecule has 1 aliphatic rings. The van der Waals surface area contributed by atoms with Crippen LogP contribution in [0.1, 0.15) is 23.1 Å². The lowest BCUT2D eigenvalue weighted by molar-refractivity contribution is 0.140. The molecule has 1 aliphatic heterocycles. The summed E-state index contributed by atoms with van der Waals surface area (Å²) in [6.45, 7) is 4.39. The van der Waals surface area contributed by atoms with Crippen molar-refractivity contribution in [1.29, 1.82) is 0 Å². The predicted octanol–water partition coefficient (Wildman–Crippen LogP) is 3.97. The third-order valence-corrected chi connectivity index (χ3v) is 4.78. The number of hydrogen-bond donors (Lipinski definition) is 2. The molecule has 1 saturated heterocycles. The Kier molecular flexibility index (Phi) is 9.77. The molecular formula is C22H28F2IN3O2. The van der Waals surface area contributed by atoms with Gasteiger partial charge in [-0.25, -0.2) is 8.78 Å². The van der Waals surface area contributed by atoms with Crippen molar-refractivity contribution in [2.45, 2.75) is 32.4 Å². The minimum Gasteiger partial charge on any atom is -0.488 e. The molecule has 8 heteroatoms. The molecule has 1 fully saturated rings. The first-order valence-corrected chi connectivity index (χ1v) is 9.77. The van der Waals surface area contributed by atoms with Gasteiger partial charge in [-0.2, -0.15) is 0 Å². The zero-order valence-corrected chi connectivity index (χ0v) is 19.5. The van der Waals surface area contributed by atoms with Crippen LogP contribution in [-0.4, -0.2) is 38.9 Å². The average molecular weight is 531 g/mol. The Morgan fingerprint density at radius 2 is 1.97 bits per heavy atom. The highest BCUT2D eigenvalue weighted by Crippen LogP contribution is 2.23. The smallest absolute Gasteiger partial charge is 0.191 e. The van der Waals surface area contributed by atoms with Gasteiger partial charge < -0.3 is 20.1 Å². The fraction of sp³-hybridized carbons (Fsp3) is 0.409. The number of benzene rings is 2. The number of hydrogen-bond acceptors (Lipinski definition) is 3. The van der Waals surface area contributed by atoms with E-state index in [1.807, 2.05) is 25.1 Å². The molecule has 2 N–H and O–H groups in total. The maximum absolute atomic E-state index is 13.7. The summed E-state index contributed by atoms with van der Waals surface area (Å²) in [6, 6.07) is 9.74. The van der Waals surface area contributed by atoms with Gasteiger partial charge in [-0.1, -0.05) is 18.2 Å². The second-order valence-electron chi connectivity index (χ2n) is 7.05. The molecule has 1 atom stereocenters. The summed E-state index contributed by atoms with van der Waals surface area (Å²) in [6.07, 6.45) is 1.40. The minimum atomic E-state index is -0.572. The third kappa shape index (κ3) is 7.09. The van der Waals surface area contributed by atoms with Crippen molar-refractivity contribution in [3.05, 3.63) is 64.7 Å². The van der Waals surface area contributed by atoms with Crippen LogP contribution in [0.3, 0.4) is 0 Å². The van der Waals surface area contributed by atoms with E-state index < -0.39 is 11.6 Å². The van der Waals surface area contributed by atoms with Crippen LogP contribution in [0.25, 0.3) is 0 Å². The monoisotopic (exact) mass is 531 g/mol. The van der Waals surface area contributed by atoms with E-state index >= 15 is 0 Å². The van der Waals surface area contributed by atoms with Crippen molar-refractivity contribution < 1.29 is 18.3 Å². The molecule has 3 rings (SSSR count). The number of guanidine groups is 1. The van der Waals surface area contributed by atoms with E-state index in [-0.39, 0.29) is 30.1 Å². The molecule has 5 nitrogen and oxygen atoms in total. The van der Waals surface area contributed by atoms with Gasteiger partial charge in [0.15, 0.2) is 5.96 Å². The van der Waals surface area contributed by atoms with Gasteiger partial charge in [0.1, 0.15) is 23.5 Å². The first kappa shape index (κ1) is 24.3. The largest absolute Gasteiger partial charge is 0.488 e. The lowest BCUT2D eigenvalue weighted by atomic mass is 10.1. The standard InChI is InChI=1S/C22H27F2N3O2.HI/c1-15-3-4-17(21(11-15)29-19-8-10-28-14-19)13-27-22(25-2)26-9-7-16-5-6-18(23)12-20(16)24;/h3-6,11-12,19H,7-10,13-14H2,1-2H3,(H2,25,26,27);1H. The van der Waals surface area contributed by atoms with Crippen LogP contribution in [0.2, 0.25) is 0 Å². The van der Waals surface area contributed by atoms with Crippen molar-refractivity contribution in [3.63, 3.8) is 0 Å². The van der Waals surface area contributed by atoms with Crippen LogP contribution in [0.4, 0.5) is 8.78 Å². The molecule has 0 saturated carbocycles. The van der Waals surface area contributed by atoms with E-state index in [1.54, 1.807) is 7.05 Å². The van der Waals surface area contributed by atoms with Crippen LogP contribution < -0.4 is 15.4 Å². The maximum atomic E-state index is 13.7. The minimum absolute atomic E-state index is 0. The summed E-state index contributed by atoms with van der Waals surface area (Å²) >= 11 is 0. The van der Waals surface area contributed by atoms with Gasteiger partial charge in [0.25, 0.3) is 0 Å². The van der Waals surface area contributed by atoms with Crippen LogP contribution in [-0.2, 0) is 17.7 Å². The quantitative estimate of drug-likeness (QED) is 0.323. The van der Waals surface area contributed by atoms with Crippen molar-refractivity contribution in [2.75, 3.05) is 26.8 Å². The van der Waals surface area contributed by atoms with Crippen LogP contribution in [0.15, 0.2) is 41.4 Å². The normalized spacial score (nSPS) is 16.1. The Morgan fingerprint density at radius 1 is 1.17 bits per heavy atom. The average Bonchev–Trinajstić information content (AvgIpc) is 3.20. The molecule has 1 unspecified atom stereocenters. The first-order valence-electron chi connectivity index (χ1n) is 9.77. The Labute approximate surface area is 193 Å². The number of ether oxygens (including phenoxy) is 2. The van der Waals surface area contributed by atoms with E-state index in [2.05, 4.69) is 15.6 Å². The number of aryl methyl sites for hydroxylation is 1. The molecule has 0 spiro atoms. The molecule has 0 aliphatic carbocycles. The number of nitrogens with zero attached hydrogens (tertiary/aromatic N) is 1. The van der Waals surface area contributed by atoms with Gasteiger partial charge in [-0.15, -0.1) is 24.0 Å². The number of rotatable bonds is 7. The van der Waals surface area contributed by atoms with Gasteiger partial charge in [0.2, 0.25) is 0 Å². The van der Waals surface area contributed by atoms with Crippen molar-refractivity contribution >= 4 is 29.9 Å². The van der Waals surface area contributed by atoms with Crippen molar-refractivity contribution in [3.8, 4) is 5.75 Å². The van der Waals surface area contributed by atoms with Crippen molar-refractivity contribution in [2.24, 2.45) is 4.99 Å². The first-order chi connectivity index (χ1) is 14.0. The van der Waals surface area contributed by atoms with E-state index in [4.69, 9.17) is 9.47 Å². The van der Waals surface area contributed by atoms with Gasteiger partial charge in [-0.3, -0.25) is 4.99 Å². The summed E-state index contributed by atoms with van der Waals surface area (Å²) in [7, 11) is 1.68. The van der Waals surface area contributed by atoms with Crippen LogP contribution in [0, 0.1) is 18.6 Å². The van der Waals surface area contributed by atoms with Crippen LogP contribution in [0.5, 0.6) is 5.75 Å². The molecule has 1 heterocycles. The maximum Gasteiger partial charge on any atom is 0.191 e. The lowest BCUT2D eigenvalue weighted by Gasteiger charge is -2.18. The fourth-order valence-corrected chi connectivity index (χ4v) is 3.14. The van der Waals surface area contributed by atoms with Gasteiger partial charge in [-0.05, 0) is 36.6 Å². The van der Waals surface area contributed by atoms with E-state index in [0.29, 0.717) is 37.6 Å². The predicted molar refractivity (Wildman–Crippen MR) is 125 cm³/mol. The SMILES string of the molecule is CN=C(NCCc1ccc(F)cc1F)NCc1ccc(C)cc1OC1CCOC1.I. The number of halogens is 3. The molecule has 0 amide bonds. The fourth-order valence-electron chi connectivity index (χ4n) is 3.14. The zero-order valence-electron chi connectivity index (χ0n) is 17.2. The molecule has 30 heavy (non-hydrogen) atoms. The summed E-state index contributed by atoms with van der Waals surface area (Å²) < 4.78 is 38.2. The lowest BCUT2D eigenvalue weighted by Crippen LogP contribution is -2.38. The number of aliphatic imine (C=N–C) groups is 1.